The maximum atomic E-state index is 5.53. The average Bonchev–Trinajstić information content (AvgIpc) is 3.33. The standard InChI is InChI=1S/C57H35N3/c1-3-17-37(18-4-1)54-51(55(38-19-5-2-6-20-38)60-57(59-54)49-35-40-21-7-8-22-41(40)42-23-9-10-26-45(42)49)36-31-33-39(34-32-36)56-53-47-28-14-12-25-44(47)43-24-11-13-27-46(43)52(53)48-29-15-16-30-50(48)58-56/h1-35H. The monoisotopic (exact) mass is 761 g/mol. The molecule has 3 nitrogen and oxygen atoms in total. The first-order chi connectivity index (χ1) is 29.8. The van der Waals surface area contributed by atoms with Crippen molar-refractivity contribution in [3.63, 3.8) is 0 Å². The molecule has 0 saturated heterocycles. The van der Waals surface area contributed by atoms with Gasteiger partial charge in [-0.25, -0.2) is 15.0 Å². The van der Waals surface area contributed by atoms with E-state index in [-0.39, 0.29) is 0 Å². The second-order valence-electron chi connectivity index (χ2n) is 15.4. The van der Waals surface area contributed by atoms with Crippen molar-refractivity contribution in [3.05, 3.63) is 212 Å². The highest BCUT2D eigenvalue weighted by molar-refractivity contribution is 6.33. The number of aromatic nitrogens is 3. The molecule has 0 aliphatic carbocycles. The van der Waals surface area contributed by atoms with E-state index in [0.29, 0.717) is 5.82 Å². The third kappa shape index (κ3) is 5.40. The lowest BCUT2D eigenvalue weighted by molar-refractivity contribution is 1.19. The van der Waals surface area contributed by atoms with Gasteiger partial charge in [0.2, 0.25) is 0 Å². The Bertz CT molecular complexity index is 3570. The van der Waals surface area contributed by atoms with Gasteiger partial charge in [0.25, 0.3) is 0 Å². The minimum Gasteiger partial charge on any atom is -0.247 e. The maximum Gasteiger partial charge on any atom is 0.161 e. The zero-order chi connectivity index (χ0) is 39.6. The molecule has 12 aromatic rings. The van der Waals surface area contributed by atoms with E-state index in [1.54, 1.807) is 0 Å². The fourth-order valence-corrected chi connectivity index (χ4v) is 9.33. The van der Waals surface area contributed by atoms with Crippen LogP contribution in [-0.2, 0) is 0 Å². The van der Waals surface area contributed by atoms with Crippen molar-refractivity contribution in [2.45, 2.75) is 0 Å². The van der Waals surface area contributed by atoms with Crippen LogP contribution in [0.25, 0.3) is 121 Å². The summed E-state index contributed by atoms with van der Waals surface area (Å²) in [6, 6.07) is 75.5. The third-order valence-electron chi connectivity index (χ3n) is 12.0. The van der Waals surface area contributed by atoms with Crippen molar-refractivity contribution in [1.82, 2.24) is 15.0 Å². The quantitative estimate of drug-likeness (QED) is 0.164. The van der Waals surface area contributed by atoms with Gasteiger partial charge in [0, 0.05) is 44.0 Å². The second kappa shape index (κ2) is 13.8. The Morgan fingerprint density at radius 3 is 1.32 bits per heavy atom. The highest BCUT2D eigenvalue weighted by Crippen LogP contribution is 2.45. The minimum atomic E-state index is 0.695. The van der Waals surface area contributed by atoms with Crippen LogP contribution in [0.1, 0.15) is 0 Å². The van der Waals surface area contributed by atoms with Crippen LogP contribution < -0.4 is 0 Å². The molecule has 12 rings (SSSR count). The summed E-state index contributed by atoms with van der Waals surface area (Å²) >= 11 is 0. The van der Waals surface area contributed by atoms with Gasteiger partial charge in [0.05, 0.1) is 22.6 Å². The summed E-state index contributed by atoms with van der Waals surface area (Å²) < 4.78 is 0. The number of para-hydroxylation sites is 1. The van der Waals surface area contributed by atoms with Crippen LogP contribution in [0, 0.1) is 0 Å². The van der Waals surface area contributed by atoms with Crippen LogP contribution in [0.2, 0.25) is 0 Å². The number of nitrogens with zero attached hydrogens (tertiary/aromatic N) is 3. The lowest BCUT2D eigenvalue weighted by Gasteiger charge is -2.19. The summed E-state index contributed by atoms with van der Waals surface area (Å²) in [6.45, 7) is 0. The minimum absolute atomic E-state index is 0.695. The van der Waals surface area contributed by atoms with Crippen LogP contribution in [0.5, 0.6) is 0 Å². The zero-order valence-corrected chi connectivity index (χ0v) is 32.5. The molecule has 10 aromatic carbocycles. The molecule has 0 spiro atoms. The van der Waals surface area contributed by atoms with Gasteiger partial charge in [-0.15, -0.1) is 0 Å². The molecule has 0 aliphatic heterocycles. The fourth-order valence-electron chi connectivity index (χ4n) is 9.33. The Morgan fingerprint density at radius 1 is 0.267 bits per heavy atom. The van der Waals surface area contributed by atoms with Crippen LogP contribution >= 0.6 is 0 Å². The van der Waals surface area contributed by atoms with Gasteiger partial charge in [0.1, 0.15) is 0 Å². The predicted octanol–water partition coefficient (Wildman–Crippen LogP) is 15.1. The molecule has 0 fully saturated rings. The van der Waals surface area contributed by atoms with Gasteiger partial charge >= 0.3 is 0 Å². The Morgan fingerprint density at radius 2 is 0.700 bits per heavy atom. The molecule has 0 amide bonds. The number of pyridine rings is 1. The third-order valence-corrected chi connectivity index (χ3v) is 12.0. The van der Waals surface area contributed by atoms with Crippen LogP contribution in [0.3, 0.4) is 0 Å². The highest BCUT2D eigenvalue weighted by atomic mass is 14.9. The van der Waals surface area contributed by atoms with Crippen molar-refractivity contribution in [1.29, 1.82) is 0 Å². The lowest BCUT2D eigenvalue weighted by Crippen LogP contribution is -2.01. The molecule has 0 atom stereocenters. The van der Waals surface area contributed by atoms with Gasteiger partial charge in [-0.1, -0.05) is 200 Å². The van der Waals surface area contributed by atoms with E-state index in [4.69, 9.17) is 15.0 Å². The molecule has 3 heteroatoms. The van der Waals surface area contributed by atoms with Crippen molar-refractivity contribution >= 4 is 64.8 Å². The molecule has 0 radical (unpaired) electrons. The number of hydrogen-bond donors (Lipinski definition) is 0. The number of fused-ring (bicyclic) bond motifs is 11. The van der Waals surface area contributed by atoms with Crippen LogP contribution in [0.15, 0.2) is 212 Å². The van der Waals surface area contributed by atoms with E-state index in [9.17, 15) is 0 Å². The first kappa shape index (κ1) is 34.1. The Balaban J connectivity index is 1.12. The van der Waals surface area contributed by atoms with E-state index < -0.39 is 0 Å². The van der Waals surface area contributed by atoms with E-state index in [1.807, 2.05) is 0 Å². The number of benzene rings is 10. The van der Waals surface area contributed by atoms with Gasteiger partial charge in [0.15, 0.2) is 5.82 Å². The SMILES string of the molecule is c1ccc(-c2nc(-c3cc4ccccc4c4ccccc34)nc(-c3ccccc3)c2-c2ccc(-c3nc4ccccc4c4c5ccccc5c5ccccc5c34)cc2)cc1. The molecule has 0 saturated carbocycles. The summed E-state index contributed by atoms with van der Waals surface area (Å²) in [7, 11) is 0. The molecule has 2 heterocycles. The molecule has 0 N–H and O–H groups in total. The maximum absolute atomic E-state index is 5.53. The normalized spacial score (nSPS) is 11.7. The van der Waals surface area contributed by atoms with Gasteiger partial charge in [-0.2, -0.15) is 0 Å². The summed E-state index contributed by atoms with van der Waals surface area (Å²) in [5.74, 6) is 0.695. The first-order valence-corrected chi connectivity index (χ1v) is 20.4. The summed E-state index contributed by atoms with van der Waals surface area (Å²) in [5, 5.41) is 13.2. The molecule has 0 bridgehead atoms. The summed E-state index contributed by atoms with van der Waals surface area (Å²) in [6.07, 6.45) is 0. The Hall–Kier alpha value is -8.01. The zero-order valence-electron chi connectivity index (χ0n) is 32.5. The molecule has 2 aromatic heterocycles. The van der Waals surface area contributed by atoms with Crippen molar-refractivity contribution < 1.29 is 0 Å². The first-order valence-electron chi connectivity index (χ1n) is 20.4. The molecule has 0 aliphatic rings. The molecular weight excluding hydrogens is 727 g/mol. The van der Waals surface area contributed by atoms with E-state index in [0.717, 1.165) is 72.1 Å². The molecular formula is C57H35N3. The second-order valence-corrected chi connectivity index (χ2v) is 15.4. The van der Waals surface area contributed by atoms with Gasteiger partial charge < -0.3 is 0 Å². The molecule has 0 unspecified atom stereocenters. The molecule has 60 heavy (non-hydrogen) atoms. The van der Waals surface area contributed by atoms with Crippen molar-refractivity contribution in [2.75, 3.05) is 0 Å². The highest BCUT2D eigenvalue weighted by Gasteiger charge is 2.23. The summed E-state index contributed by atoms with van der Waals surface area (Å²) in [4.78, 5) is 16.5. The largest absolute Gasteiger partial charge is 0.247 e. The van der Waals surface area contributed by atoms with E-state index >= 15 is 0 Å². The predicted molar refractivity (Wildman–Crippen MR) is 252 cm³/mol. The van der Waals surface area contributed by atoms with Crippen LogP contribution in [0.4, 0.5) is 0 Å². The van der Waals surface area contributed by atoms with Gasteiger partial charge in [-0.05, 0) is 60.8 Å². The lowest BCUT2D eigenvalue weighted by atomic mass is 9.89. The topological polar surface area (TPSA) is 38.7 Å². The smallest absolute Gasteiger partial charge is 0.161 e. The summed E-state index contributed by atoms with van der Waals surface area (Å²) in [5.41, 5.74) is 9.86. The average molecular weight is 762 g/mol. The van der Waals surface area contributed by atoms with Crippen molar-refractivity contribution in [2.24, 2.45) is 0 Å². The van der Waals surface area contributed by atoms with Crippen LogP contribution in [-0.4, -0.2) is 15.0 Å². The Kier molecular flexibility index (Phi) is 7.85. The Labute approximate surface area is 346 Å². The molecule has 278 valence electrons. The van der Waals surface area contributed by atoms with Crippen molar-refractivity contribution in [3.8, 4) is 56.3 Å². The van der Waals surface area contributed by atoms with E-state index in [2.05, 4.69) is 212 Å². The fraction of sp³-hybridized carbons (Fsp3) is 0. The van der Waals surface area contributed by atoms with E-state index in [1.165, 1.54) is 43.1 Å². The number of hydrogen-bond acceptors (Lipinski definition) is 3. The van der Waals surface area contributed by atoms with Gasteiger partial charge in [-0.3, -0.25) is 0 Å². The number of rotatable bonds is 5.